The predicted octanol–water partition coefficient (Wildman–Crippen LogP) is 21.3. The second-order valence-corrected chi connectivity index (χ2v) is 32.3. The lowest BCUT2D eigenvalue weighted by molar-refractivity contribution is -0.118. The zero-order valence-corrected chi connectivity index (χ0v) is 64.4. The summed E-state index contributed by atoms with van der Waals surface area (Å²) >= 11 is 0. The van der Waals surface area contributed by atoms with E-state index in [0.717, 1.165) is 197 Å². The van der Waals surface area contributed by atoms with E-state index < -0.39 is 0 Å². The predicted molar refractivity (Wildman–Crippen MR) is 391 cm³/mol. The third kappa shape index (κ3) is 39.7. The fourth-order valence-electron chi connectivity index (χ4n) is 16.0. The zero-order chi connectivity index (χ0) is 71.7. The van der Waals surface area contributed by atoms with Gasteiger partial charge in [0.1, 0.15) is 63.6 Å². The van der Waals surface area contributed by atoms with E-state index in [-0.39, 0.29) is 0 Å². The number of hydrogen-bond donors (Lipinski definition) is 0. The molecule has 11 aliphatic rings. The molecule has 11 fully saturated rings. The number of ketones is 11. The van der Waals surface area contributed by atoms with Crippen molar-refractivity contribution in [3.8, 4) is 0 Å². The summed E-state index contributed by atoms with van der Waals surface area (Å²) in [5.41, 5.74) is 0. The number of carbonyl (C=O) groups excluding carboxylic acids is 11. The first-order chi connectivity index (χ1) is 44.9. The largest absolute Gasteiger partial charge is 0.300 e. The van der Waals surface area contributed by atoms with E-state index in [4.69, 9.17) is 0 Å². The summed E-state index contributed by atoms with van der Waals surface area (Å²) in [5, 5.41) is 0. The standard InChI is InChI=1S/2C9H16O.4C8H14O.4C7H12O.C6H10O/c2*1-3-4-8-6-9(10)5-7(8)2;2*1-3-7-5-8(9)4-6(7)2;2*1-2-3-7-4-5-8(9)6-7;2*1-5-3-7(8)4-6(5)2;2*1-2-6-3-4-7(8)5-6;1-5-2-3-6(7)4-5/h2*7-8H,3-6H2,1-2H3;2*6-7H,3-5H2,1-2H3;2*7H,2-6H2,1H3;2*5-6H,3-4H2,1-2H3;2*6H,2-5H2,1H3;5H,2-4H2,1H3/t2*7-,8-;2*6-,7-;2*7-;2*5-,6-;2*6-;5-/m10101010100/s1. The van der Waals surface area contributed by atoms with E-state index >= 15 is 0 Å². The van der Waals surface area contributed by atoms with Crippen LogP contribution in [0.2, 0.25) is 0 Å². The normalized spacial score (nSPS) is 32.6. The van der Waals surface area contributed by atoms with Gasteiger partial charge in [-0.25, -0.2) is 0 Å². The molecular weight excluding hydrogens is 1180 g/mol. The van der Waals surface area contributed by atoms with Crippen molar-refractivity contribution >= 4 is 63.6 Å². The molecule has 11 aliphatic carbocycles. The Balaban J connectivity index is 0.000000523. The minimum absolute atomic E-state index is 0.449. The van der Waals surface area contributed by atoms with E-state index in [1.165, 1.54) is 77.0 Å². The van der Waals surface area contributed by atoms with Crippen molar-refractivity contribution < 1.29 is 52.7 Å². The topological polar surface area (TPSA) is 188 Å². The zero-order valence-electron chi connectivity index (χ0n) is 64.4. The molecular formula is C84H146O11. The van der Waals surface area contributed by atoms with Gasteiger partial charge in [-0.15, -0.1) is 0 Å². The van der Waals surface area contributed by atoms with Gasteiger partial charge in [-0.2, -0.15) is 0 Å². The van der Waals surface area contributed by atoms with Crippen molar-refractivity contribution in [3.63, 3.8) is 0 Å². The van der Waals surface area contributed by atoms with Crippen LogP contribution in [-0.4, -0.2) is 63.6 Å². The van der Waals surface area contributed by atoms with Gasteiger partial charge in [-0.1, -0.05) is 195 Å². The van der Waals surface area contributed by atoms with Gasteiger partial charge in [0, 0.05) is 141 Å². The summed E-state index contributed by atoms with van der Waals surface area (Å²) in [6.07, 6.45) is 38.9. The smallest absolute Gasteiger partial charge is 0.133 e. The molecule has 17 atom stereocenters. The van der Waals surface area contributed by atoms with Gasteiger partial charge in [0.05, 0.1) is 0 Å². The molecule has 0 spiro atoms. The molecule has 0 radical (unpaired) electrons. The van der Waals surface area contributed by atoms with Crippen molar-refractivity contribution in [1.82, 2.24) is 0 Å². The lowest BCUT2D eigenvalue weighted by atomic mass is 9.94. The molecule has 11 rings (SSSR count). The minimum Gasteiger partial charge on any atom is -0.300 e. The molecule has 0 aliphatic heterocycles. The first-order valence-corrected chi connectivity index (χ1v) is 39.6. The quantitative estimate of drug-likeness (QED) is 0.181. The highest BCUT2D eigenvalue weighted by molar-refractivity contribution is 5.84. The second-order valence-electron chi connectivity index (χ2n) is 32.3. The Labute approximate surface area is 582 Å². The second kappa shape index (κ2) is 50.7. The Morgan fingerprint density at radius 3 is 0.558 bits per heavy atom. The number of hydrogen-bond acceptors (Lipinski definition) is 11. The van der Waals surface area contributed by atoms with Crippen molar-refractivity contribution in [1.29, 1.82) is 0 Å². The molecule has 0 amide bonds. The first kappa shape index (κ1) is 89.4. The summed E-state index contributed by atoms with van der Waals surface area (Å²) in [6.45, 7) is 36.9. The highest BCUT2D eigenvalue weighted by atomic mass is 16.2. The molecule has 95 heavy (non-hydrogen) atoms. The fourth-order valence-corrected chi connectivity index (χ4v) is 16.0. The van der Waals surface area contributed by atoms with Gasteiger partial charge < -0.3 is 0 Å². The van der Waals surface area contributed by atoms with Crippen LogP contribution in [-0.2, 0) is 52.7 Å². The maximum Gasteiger partial charge on any atom is 0.133 e. The van der Waals surface area contributed by atoms with Crippen molar-refractivity contribution in [3.05, 3.63) is 0 Å². The van der Waals surface area contributed by atoms with Crippen LogP contribution in [0.1, 0.15) is 368 Å². The van der Waals surface area contributed by atoms with Gasteiger partial charge in [0.2, 0.25) is 0 Å². The molecule has 0 heterocycles. The third-order valence-electron chi connectivity index (χ3n) is 23.3. The summed E-state index contributed by atoms with van der Waals surface area (Å²) in [4.78, 5) is 118. The van der Waals surface area contributed by atoms with Gasteiger partial charge in [0.25, 0.3) is 0 Å². The van der Waals surface area contributed by atoms with Crippen molar-refractivity contribution in [2.45, 2.75) is 368 Å². The molecule has 0 N–H and O–H groups in total. The molecule has 0 aromatic heterocycles. The van der Waals surface area contributed by atoms with E-state index in [9.17, 15) is 52.7 Å². The maximum atomic E-state index is 10.9. The van der Waals surface area contributed by atoms with Crippen LogP contribution in [0.5, 0.6) is 0 Å². The third-order valence-corrected chi connectivity index (χ3v) is 23.3. The van der Waals surface area contributed by atoms with E-state index in [0.29, 0.717) is 141 Å². The molecule has 0 bridgehead atoms. The minimum atomic E-state index is 0.449. The van der Waals surface area contributed by atoms with Gasteiger partial charge in [-0.05, 0) is 133 Å². The summed E-state index contributed by atoms with van der Waals surface area (Å²) in [6, 6.07) is 0. The molecule has 0 aromatic rings. The lowest BCUT2D eigenvalue weighted by Gasteiger charge is -2.11. The van der Waals surface area contributed by atoms with E-state index in [2.05, 4.69) is 118 Å². The summed E-state index contributed by atoms with van der Waals surface area (Å²) in [7, 11) is 0. The molecule has 11 heteroatoms. The van der Waals surface area contributed by atoms with Crippen LogP contribution < -0.4 is 0 Å². The first-order valence-electron chi connectivity index (χ1n) is 39.6. The SMILES string of the molecule is CCC[C@@H]1CC(=O)C[C@H]1C.CCC[C@@H]1CCC(=O)C1.CCC[C@H]1CC(=O)C[C@@H]1C.CCC[C@H]1CCC(=O)C1.CC[C@@H]1CC(=O)C[C@H]1C.CC[C@@H]1CCC(=O)C1.CC[C@H]1CC(=O)C[C@@H]1C.CC[C@H]1CCC(=O)C1.C[C@@H]1CC(=O)C[C@H]1C.C[C@H]1CC(=O)C[C@@H]1C.C[C@H]1CCC(=O)C1. The Kier molecular flexibility index (Phi) is 47.7. The lowest BCUT2D eigenvalue weighted by Crippen LogP contribution is -2.02. The van der Waals surface area contributed by atoms with Crippen LogP contribution >= 0.6 is 0 Å². The van der Waals surface area contributed by atoms with Crippen LogP contribution in [0.25, 0.3) is 0 Å². The average Bonchev–Trinajstić information content (AvgIpc) is 2.10. The van der Waals surface area contributed by atoms with Gasteiger partial charge in [0.15, 0.2) is 0 Å². The van der Waals surface area contributed by atoms with Crippen molar-refractivity contribution in [2.24, 2.45) is 101 Å². The Morgan fingerprint density at radius 1 is 0.211 bits per heavy atom. The monoisotopic (exact) mass is 1330 g/mol. The van der Waals surface area contributed by atoms with Crippen LogP contribution in [0, 0.1) is 101 Å². The summed E-state index contributed by atoms with van der Waals surface area (Å²) < 4.78 is 0. The number of carbonyl (C=O) groups is 11. The molecule has 548 valence electrons. The van der Waals surface area contributed by atoms with Crippen LogP contribution in [0.4, 0.5) is 0 Å². The maximum absolute atomic E-state index is 10.9. The molecule has 0 saturated heterocycles. The fraction of sp³-hybridized carbons (Fsp3) is 0.869. The molecule has 0 unspecified atom stereocenters. The Bertz CT molecular complexity index is 2110. The average molecular weight is 1330 g/mol. The molecule has 0 aromatic carbocycles. The summed E-state index contributed by atoms with van der Waals surface area (Å²) in [5.74, 6) is 16.7. The van der Waals surface area contributed by atoms with Gasteiger partial charge >= 0.3 is 0 Å². The Morgan fingerprint density at radius 2 is 0.432 bits per heavy atom. The van der Waals surface area contributed by atoms with Crippen LogP contribution in [0.3, 0.4) is 0 Å². The number of rotatable bonds is 12. The highest BCUT2D eigenvalue weighted by Gasteiger charge is 2.32. The van der Waals surface area contributed by atoms with Crippen LogP contribution in [0.15, 0.2) is 0 Å². The van der Waals surface area contributed by atoms with E-state index in [1.54, 1.807) is 0 Å². The van der Waals surface area contributed by atoms with Gasteiger partial charge in [-0.3, -0.25) is 52.7 Å². The Hall–Kier alpha value is -3.63. The molecule has 11 saturated carbocycles. The van der Waals surface area contributed by atoms with Crippen molar-refractivity contribution in [2.75, 3.05) is 0 Å². The van der Waals surface area contributed by atoms with E-state index in [1.807, 2.05) is 0 Å². The molecule has 11 nitrogen and oxygen atoms in total. The highest BCUT2D eigenvalue weighted by Crippen LogP contribution is 2.35. The number of Topliss-reactive ketones (excluding diaryl/α,β-unsaturated/α-hetero) is 11.